The Morgan fingerprint density at radius 1 is 0.833 bits per heavy atom. The highest BCUT2D eigenvalue weighted by atomic mass is 16.4. The van der Waals surface area contributed by atoms with Crippen LogP contribution in [0.25, 0.3) is 0 Å². The molecule has 0 heterocycles. The standard InChI is InChI=1S/C4H6O2.3C2H4O2/c1-2-3-4(5)6;3*1-2(3)4/h2H,1,3H2,(H,5,6);3*1H3,(H,3,4). The summed E-state index contributed by atoms with van der Waals surface area (Å²) in [6.45, 7) is 6.47. The van der Waals surface area contributed by atoms with Gasteiger partial charge < -0.3 is 20.4 Å². The summed E-state index contributed by atoms with van der Waals surface area (Å²) in [7, 11) is 0. The molecule has 0 aromatic heterocycles. The molecular formula is C10H18O8. The molecule has 0 aliphatic carbocycles. The van der Waals surface area contributed by atoms with Crippen molar-refractivity contribution in [2.45, 2.75) is 27.2 Å². The van der Waals surface area contributed by atoms with Gasteiger partial charge in [-0.2, -0.15) is 0 Å². The third kappa shape index (κ3) is 5640. The van der Waals surface area contributed by atoms with Crippen LogP contribution in [0.2, 0.25) is 0 Å². The molecule has 4 N–H and O–H groups in total. The van der Waals surface area contributed by atoms with E-state index in [0.29, 0.717) is 0 Å². The maximum Gasteiger partial charge on any atom is 0.307 e. The van der Waals surface area contributed by atoms with E-state index in [1.165, 1.54) is 6.08 Å². The van der Waals surface area contributed by atoms with Crippen molar-refractivity contribution in [3.8, 4) is 0 Å². The quantitative estimate of drug-likeness (QED) is 0.539. The van der Waals surface area contributed by atoms with Crippen LogP contribution in [0.4, 0.5) is 0 Å². The van der Waals surface area contributed by atoms with Crippen LogP contribution in [0.15, 0.2) is 12.7 Å². The van der Waals surface area contributed by atoms with Crippen molar-refractivity contribution in [1.29, 1.82) is 0 Å². The first-order valence-corrected chi connectivity index (χ1v) is 4.38. The average Bonchev–Trinajstić information content (AvgIpc) is 1.98. The summed E-state index contributed by atoms with van der Waals surface area (Å²) in [5, 5.41) is 30.1. The molecule has 0 aliphatic rings. The SMILES string of the molecule is C=CCC(=O)O.CC(=O)O.CC(=O)O.CC(=O)O. The van der Waals surface area contributed by atoms with Gasteiger partial charge in [-0.25, -0.2) is 0 Å². The van der Waals surface area contributed by atoms with E-state index in [-0.39, 0.29) is 6.42 Å². The number of carboxylic acids is 4. The lowest BCUT2D eigenvalue weighted by atomic mass is 10.4. The molecule has 0 unspecified atom stereocenters. The first-order valence-electron chi connectivity index (χ1n) is 4.38. The van der Waals surface area contributed by atoms with E-state index in [4.69, 9.17) is 34.8 Å². The van der Waals surface area contributed by atoms with Gasteiger partial charge in [0.15, 0.2) is 0 Å². The van der Waals surface area contributed by atoms with Crippen LogP contribution in [0.3, 0.4) is 0 Å². The maximum absolute atomic E-state index is 9.53. The van der Waals surface area contributed by atoms with Crippen molar-refractivity contribution in [3.05, 3.63) is 12.7 Å². The van der Waals surface area contributed by atoms with Gasteiger partial charge in [0, 0.05) is 20.8 Å². The van der Waals surface area contributed by atoms with Gasteiger partial charge in [-0.1, -0.05) is 6.08 Å². The predicted molar refractivity (Wildman–Crippen MR) is 62.4 cm³/mol. The molecule has 0 aromatic rings. The molecule has 0 aromatic carbocycles. The molecule has 8 heteroatoms. The fraction of sp³-hybridized carbons (Fsp3) is 0.400. The minimum Gasteiger partial charge on any atom is -0.481 e. The Bertz CT molecular complexity index is 229. The molecule has 8 nitrogen and oxygen atoms in total. The van der Waals surface area contributed by atoms with E-state index in [0.717, 1.165) is 20.8 Å². The Morgan fingerprint density at radius 3 is 1.00 bits per heavy atom. The molecule has 0 fully saturated rings. The fourth-order valence-electron chi connectivity index (χ4n) is 0.123. The largest absolute Gasteiger partial charge is 0.481 e. The molecule has 0 rings (SSSR count). The topological polar surface area (TPSA) is 149 Å². The molecule has 18 heavy (non-hydrogen) atoms. The van der Waals surface area contributed by atoms with Gasteiger partial charge in [0.25, 0.3) is 17.9 Å². The summed E-state index contributed by atoms with van der Waals surface area (Å²) in [6.07, 6.45) is 1.41. The first kappa shape index (κ1) is 24.7. The number of hydrogen-bond acceptors (Lipinski definition) is 4. The molecule has 0 aliphatic heterocycles. The Labute approximate surface area is 104 Å². The summed E-state index contributed by atoms with van der Waals surface area (Å²) in [6, 6.07) is 0. The smallest absolute Gasteiger partial charge is 0.307 e. The Hall–Kier alpha value is -2.38. The second-order valence-electron chi connectivity index (χ2n) is 2.44. The summed E-state index contributed by atoms with van der Waals surface area (Å²) >= 11 is 0. The van der Waals surface area contributed by atoms with Crippen molar-refractivity contribution < 1.29 is 39.6 Å². The number of hydrogen-bond donors (Lipinski definition) is 4. The highest BCUT2D eigenvalue weighted by molar-refractivity contribution is 5.68. The zero-order valence-electron chi connectivity index (χ0n) is 10.4. The van der Waals surface area contributed by atoms with Gasteiger partial charge in [-0.3, -0.25) is 19.2 Å². The van der Waals surface area contributed by atoms with Crippen molar-refractivity contribution in [1.82, 2.24) is 0 Å². The van der Waals surface area contributed by atoms with Gasteiger partial charge in [0.1, 0.15) is 0 Å². The Balaban J connectivity index is -0.0000000742. The molecular weight excluding hydrogens is 248 g/mol. The third-order valence-corrected chi connectivity index (χ3v) is 0.319. The lowest BCUT2D eigenvalue weighted by molar-refractivity contribution is -0.136. The average molecular weight is 266 g/mol. The van der Waals surface area contributed by atoms with Crippen LogP contribution in [-0.2, 0) is 19.2 Å². The Kier molecular flexibility index (Phi) is 27.6. The highest BCUT2D eigenvalue weighted by Gasteiger charge is 1.84. The van der Waals surface area contributed by atoms with E-state index in [1.54, 1.807) is 0 Å². The van der Waals surface area contributed by atoms with E-state index in [9.17, 15) is 4.79 Å². The predicted octanol–water partition coefficient (Wildman–Crippen LogP) is 0.920. The second kappa shape index (κ2) is 20.1. The summed E-state index contributed by atoms with van der Waals surface area (Å²) in [5.41, 5.74) is 0. The van der Waals surface area contributed by atoms with Gasteiger partial charge in [-0.05, 0) is 0 Å². The number of rotatable bonds is 2. The summed E-state index contributed by atoms with van der Waals surface area (Å²) < 4.78 is 0. The first-order chi connectivity index (χ1) is 7.97. The molecule has 0 radical (unpaired) electrons. The van der Waals surface area contributed by atoms with Crippen molar-refractivity contribution >= 4 is 23.9 Å². The van der Waals surface area contributed by atoms with E-state index in [1.807, 2.05) is 0 Å². The lowest BCUT2D eigenvalue weighted by Gasteiger charge is -1.75. The van der Waals surface area contributed by atoms with Crippen LogP contribution >= 0.6 is 0 Å². The molecule has 0 saturated heterocycles. The fourth-order valence-corrected chi connectivity index (χ4v) is 0.123. The molecule has 106 valence electrons. The third-order valence-electron chi connectivity index (χ3n) is 0.319. The number of aliphatic carboxylic acids is 4. The van der Waals surface area contributed by atoms with Gasteiger partial charge in [0.05, 0.1) is 6.42 Å². The zero-order chi connectivity index (χ0) is 15.7. The van der Waals surface area contributed by atoms with Crippen LogP contribution in [0.5, 0.6) is 0 Å². The molecule has 0 saturated carbocycles. The highest BCUT2D eigenvalue weighted by Crippen LogP contribution is 1.74. The maximum atomic E-state index is 9.53. The van der Waals surface area contributed by atoms with E-state index in [2.05, 4.69) is 6.58 Å². The van der Waals surface area contributed by atoms with Crippen LogP contribution < -0.4 is 0 Å². The number of carbonyl (C=O) groups is 4. The van der Waals surface area contributed by atoms with Gasteiger partial charge in [-0.15, -0.1) is 6.58 Å². The molecule has 0 amide bonds. The lowest BCUT2D eigenvalue weighted by Crippen LogP contribution is -1.88. The summed E-state index contributed by atoms with van der Waals surface area (Å²) in [4.78, 5) is 36.5. The van der Waals surface area contributed by atoms with E-state index >= 15 is 0 Å². The Morgan fingerprint density at radius 2 is 1.00 bits per heavy atom. The monoisotopic (exact) mass is 266 g/mol. The second-order valence-corrected chi connectivity index (χ2v) is 2.44. The minimum atomic E-state index is -0.833. The number of carboxylic acid groups (broad SMARTS) is 4. The van der Waals surface area contributed by atoms with Crippen LogP contribution in [-0.4, -0.2) is 44.3 Å². The van der Waals surface area contributed by atoms with Crippen molar-refractivity contribution in [2.75, 3.05) is 0 Å². The normalized spacial score (nSPS) is 6.61. The van der Waals surface area contributed by atoms with Crippen LogP contribution in [0, 0.1) is 0 Å². The molecule has 0 bridgehead atoms. The van der Waals surface area contributed by atoms with E-state index < -0.39 is 23.9 Å². The van der Waals surface area contributed by atoms with Crippen molar-refractivity contribution in [3.63, 3.8) is 0 Å². The van der Waals surface area contributed by atoms with Crippen molar-refractivity contribution in [2.24, 2.45) is 0 Å². The minimum absolute atomic E-state index is 0.0556. The zero-order valence-corrected chi connectivity index (χ0v) is 10.4. The summed E-state index contributed by atoms with van der Waals surface area (Å²) in [5.74, 6) is -3.33. The van der Waals surface area contributed by atoms with Gasteiger partial charge >= 0.3 is 5.97 Å². The molecule has 0 atom stereocenters. The van der Waals surface area contributed by atoms with Gasteiger partial charge in [0.2, 0.25) is 0 Å². The van der Waals surface area contributed by atoms with Crippen LogP contribution in [0.1, 0.15) is 27.2 Å². The molecule has 0 spiro atoms.